The number of esters is 1. The lowest BCUT2D eigenvalue weighted by Gasteiger charge is -2.11. The molecule has 2 aromatic rings. The summed E-state index contributed by atoms with van der Waals surface area (Å²) in [6.45, 7) is 0. The summed E-state index contributed by atoms with van der Waals surface area (Å²) in [4.78, 5) is 23.1. The minimum Gasteiger partial charge on any atom is -0.504 e. The molecule has 0 radical (unpaired) electrons. The second-order valence-electron chi connectivity index (χ2n) is 4.02. The van der Waals surface area contributed by atoms with Crippen LogP contribution in [-0.2, 0) is 0 Å². The number of ether oxygens (including phenoxy) is 1. The van der Waals surface area contributed by atoms with Gasteiger partial charge in [-0.3, -0.25) is 0 Å². The van der Waals surface area contributed by atoms with E-state index in [0.29, 0.717) is 6.07 Å². The first-order valence-corrected chi connectivity index (χ1v) is 5.70. The Balaban J connectivity index is 2.49. The van der Waals surface area contributed by atoms with E-state index < -0.39 is 40.3 Å². The number of rotatable bonds is 3. The van der Waals surface area contributed by atoms with E-state index in [1.54, 1.807) is 18.2 Å². The van der Waals surface area contributed by atoms with Crippen LogP contribution < -0.4 is 4.74 Å². The van der Waals surface area contributed by atoms with E-state index in [2.05, 4.69) is 0 Å². The minimum atomic E-state index is -1.57. The highest BCUT2D eigenvalue weighted by Crippen LogP contribution is 2.40. The molecular weight excluding hydrogens is 280 g/mol. The van der Waals surface area contributed by atoms with E-state index in [1.807, 2.05) is 0 Å². The third kappa shape index (κ3) is 2.71. The van der Waals surface area contributed by atoms with Crippen LogP contribution in [0.2, 0.25) is 0 Å². The fourth-order valence-electron chi connectivity index (χ4n) is 1.67. The molecule has 0 atom stereocenters. The monoisotopic (exact) mass is 290 g/mol. The standard InChI is InChI=1S/C14H10O7/c15-9-6-8(13(18)19)10(12(17)11(9)16)14(20)21-7-4-2-1-3-5-7/h1-6,15-17H,(H,18,19). The number of carboxylic acids is 1. The maximum Gasteiger partial charge on any atom is 0.348 e. The summed E-state index contributed by atoms with van der Waals surface area (Å²) in [5.41, 5.74) is -1.44. The average molecular weight is 290 g/mol. The van der Waals surface area contributed by atoms with Gasteiger partial charge in [0.15, 0.2) is 11.5 Å². The van der Waals surface area contributed by atoms with Crippen LogP contribution in [0.3, 0.4) is 0 Å². The van der Waals surface area contributed by atoms with Gasteiger partial charge in [0.1, 0.15) is 11.3 Å². The smallest absolute Gasteiger partial charge is 0.348 e. The molecule has 0 spiro atoms. The van der Waals surface area contributed by atoms with E-state index in [1.165, 1.54) is 12.1 Å². The predicted octanol–water partition coefficient (Wildman–Crippen LogP) is 1.72. The first-order valence-electron chi connectivity index (χ1n) is 5.70. The van der Waals surface area contributed by atoms with Gasteiger partial charge in [-0.15, -0.1) is 0 Å². The molecule has 0 aromatic heterocycles. The van der Waals surface area contributed by atoms with Gasteiger partial charge >= 0.3 is 11.9 Å². The van der Waals surface area contributed by atoms with Crippen LogP contribution >= 0.6 is 0 Å². The highest BCUT2D eigenvalue weighted by atomic mass is 16.5. The normalized spacial score (nSPS) is 10.1. The average Bonchev–Trinajstić information content (AvgIpc) is 2.45. The fraction of sp³-hybridized carbons (Fsp3) is 0. The van der Waals surface area contributed by atoms with Gasteiger partial charge in [0.25, 0.3) is 0 Å². The number of benzene rings is 2. The number of phenolic OH excluding ortho intramolecular Hbond substituents is 3. The van der Waals surface area contributed by atoms with Crippen LogP contribution in [0.15, 0.2) is 36.4 Å². The maximum atomic E-state index is 12.0. The minimum absolute atomic E-state index is 0.130. The molecule has 0 unspecified atom stereocenters. The fourth-order valence-corrected chi connectivity index (χ4v) is 1.67. The van der Waals surface area contributed by atoms with Gasteiger partial charge in [-0.25, -0.2) is 9.59 Å². The molecule has 0 aliphatic heterocycles. The first kappa shape index (κ1) is 14.2. The van der Waals surface area contributed by atoms with E-state index in [9.17, 15) is 24.9 Å². The second kappa shape index (κ2) is 5.41. The van der Waals surface area contributed by atoms with Gasteiger partial charge in [0.2, 0.25) is 5.75 Å². The summed E-state index contributed by atoms with van der Waals surface area (Å²) >= 11 is 0. The lowest BCUT2D eigenvalue weighted by atomic mass is 10.0. The molecular formula is C14H10O7. The quantitative estimate of drug-likeness (QED) is 0.385. The lowest BCUT2D eigenvalue weighted by molar-refractivity contribution is 0.0664. The molecule has 2 rings (SSSR count). The highest BCUT2D eigenvalue weighted by molar-refractivity contribution is 6.06. The molecule has 4 N–H and O–H groups in total. The van der Waals surface area contributed by atoms with Crippen molar-refractivity contribution in [2.75, 3.05) is 0 Å². The summed E-state index contributed by atoms with van der Waals surface area (Å²) < 4.78 is 4.91. The maximum absolute atomic E-state index is 12.0. The Labute approximate surface area is 118 Å². The van der Waals surface area contributed by atoms with Crippen molar-refractivity contribution >= 4 is 11.9 Å². The van der Waals surface area contributed by atoms with Crippen LogP contribution in [0.1, 0.15) is 20.7 Å². The molecule has 2 aromatic carbocycles. The van der Waals surface area contributed by atoms with E-state index >= 15 is 0 Å². The Morgan fingerprint density at radius 1 is 0.952 bits per heavy atom. The Kier molecular flexibility index (Phi) is 3.66. The van der Waals surface area contributed by atoms with Crippen molar-refractivity contribution in [2.45, 2.75) is 0 Å². The number of carboxylic acid groups (broad SMARTS) is 1. The molecule has 0 heterocycles. The Morgan fingerprint density at radius 2 is 1.57 bits per heavy atom. The first-order chi connectivity index (χ1) is 9.91. The summed E-state index contributed by atoms with van der Waals surface area (Å²) in [5, 5.41) is 37.4. The molecule has 0 aliphatic carbocycles. The zero-order valence-electron chi connectivity index (χ0n) is 10.5. The number of hydrogen-bond donors (Lipinski definition) is 4. The lowest BCUT2D eigenvalue weighted by Crippen LogP contribution is -2.14. The van der Waals surface area contributed by atoms with Crippen molar-refractivity contribution in [2.24, 2.45) is 0 Å². The van der Waals surface area contributed by atoms with Crippen molar-refractivity contribution in [3.8, 4) is 23.0 Å². The molecule has 7 heteroatoms. The van der Waals surface area contributed by atoms with Crippen LogP contribution in [-0.4, -0.2) is 32.4 Å². The molecule has 0 fully saturated rings. The van der Waals surface area contributed by atoms with Gasteiger partial charge in [-0.1, -0.05) is 18.2 Å². The number of phenols is 3. The number of aromatic carboxylic acids is 1. The van der Waals surface area contributed by atoms with Gasteiger partial charge < -0.3 is 25.2 Å². The van der Waals surface area contributed by atoms with Crippen LogP contribution in [0.25, 0.3) is 0 Å². The predicted molar refractivity (Wildman–Crippen MR) is 69.8 cm³/mol. The SMILES string of the molecule is O=C(O)c1cc(O)c(O)c(O)c1C(=O)Oc1ccccc1. The third-order valence-corrected chi connectivity index (χ3v) is 2.64. The molecule has 0 aliphatic rings. The molecule has 0 saturated heterocycles. The molecule has 0 bridgehead atoms. The zero-order chi connectivity index (χ0) is 15.6. The van der Waals surface area contributed by atoms with E-state index in [4.69, 9.17) is 9.84 Å². The largest absolute Gasteiger partial charge is 0.504 e. The second-order valence-corrected chi connectivity index (χ2v) is 4.02. The van der Waals surface area contributed by atoms with Gasteiger partial charge in [-0.2, -0.15) is 0 Å². The van der Waals surface area contributed by atoms with Crippen molar-refractivity contribution in [3.05, 3.63) is 47.5 Å². The van der Waals surface area contributed by atoms with Crippen molar-refractivity contribution in [1.29, 1.82) is 0 Å². The summed E-state index contributed by atoms with van der Waals surface area (Å²) in [6.07, 6.45) is 0. The molecule has 108 valence electrons. The van der Waals surface area contributed by atoms with Gasteiger partial charge in [-0.05, 0) is 18.2 Å². The van der Waals surface area contributed by atoms with E-state index in [0.717, 1.165) is 0 Å². The van der Waals surface area contributed by atoms with Crippen LogP contribution in [0.4, 0.5) is 0 Å². The highest BCUT2D eigenvalue weighted by Gasteiger charge is 2.27. The number of aromatic hydroxyl groups is 3. The van der Waals surface area contributed by atoms with Crippen molar-refractivity contribution in [1.82, 2.24) is 0 Å². The molecule has 0 amide bonds. The Morgan fingerprint density at radius 3 is 2.14 bits per heavy atom. The van der Waals surface area contributed by atoms with Crippen molar-refractivity contribution in [3.63, 3.8) is 0 Å². The number of carbonyl (C=O) groups is 2. The third-order valence-electron chi connectivity index (χ3n) is 2.64. The van der Waals surface area contributed by atoms with Gasteiger partial charge in [0.05, 0.1) is 5.56 Å². The summed E-state index contributed by atoms with van der Waals surface area (Å²) in [6, 6.07) is 8.43. The Hall–Kier alpha value is -3.22. The molecule has 21 heavy (non-hydrogen) atoms. The summed E-state index contributed by atoms with van der Waals surface area (Å²) in [5.74, 6) is -5.53. The van der Waals surface area contributed by atoms with Gasteiger partial charge in [0, 0.05) is 0 Å². The zero-order valence-corrected chi connectivity index (χ0v) is 10.5. The number of hydrogen-bond acceptors (Lipinski definition) is 6. The van der Waals surface area contributed by atoms with Crippen molar-refractivity contribution < 1.29 is 34.8 Å². The number of para-hydroxylation sites is 1. The number of carbonyl (C=O) groups excluding carboxylic acids is 1. The van der Waals surface area contributed by atoms with Crippen LogP contribution in [0, 0.1) is 0 Å². The molecule has 7 nitrogen and oxygen atoms in total. The van der Waals surface area contributed by atoms with E-state index in [-0.39, 0.29) is 5.75 Å². The summed E-state index contributed by atoms with van der Waals surface area (Å²) in [7, 11) is 0. The molecule has 0 saturated carbocycles. The topological polar surface area (TPSA) is 124 Å². The van der Waals surface area contributed by atoms with Crippen LogP contribution in [0.5, 0.6) is 23.0 Å². The Bertz CT molecular complexity index is 707.